The highest BCUT2D eigenvalue weighted by molar-refractivity contribution is 7.89. The molecule has 2 aromatic rings. The van der Waals surface area contributed by atoms with Crippen LogP contribution in [0.4, 0.5) is 14.5 Å². The van der Waals surface area contributed by atoms with Crippen molar-refractivity contribution in [1.29, 1.82) is 0 Å². The summed E-state index contributed by atoms with van der Waals surface area (Å²) >= 11 is 0. The average molecular weight is 399 g/mol. The van der Waals surface area contributed by atoms with E-state index in [1.807, 2.05) is 0 Å². The van der Waals surface area contributed by atoms with Crippen molar-refractivity contribution in [2.75, 3.05) is 18.9 Å². The largest absolute Gasteiger partial charge is 0.435 e. The number of anilines is 1. The maximum Gasteiger partial charge on any atom is 0.387 e. The maximum absolute atomic E-state index is 12.1. The number of carbonyl (C=O) groups is 1. The third-order valence-electron chi connectivity index (χ3n) is 3.48. The molecule has 1 amide bonds. The predicted octanol–water partition coefficient (Wildman–Crippen LogP) is 2.01. The van der Waals surface area contributed by atoms with Gasteiger partial charge in [0.15, 0.2) is 0 Å². The summed E-state index contributed by atoms with van der Waals surface area (Å²) in [5, 5.41) is 7.66. The molecule has 0 unspecified atom stereocenters. The first-order valence-corrected chi connectivity index (χ1v) is 9.33. The summed E-state index contributed by atoms with van der Waals surface area (Å²) < 4.78 is 50.9. The molecule has 146 valence electrons. The SMILES string of the molecule is CN(CC(=O)Nc1ccc(S(N)(=O)=O)cc1)Cc1ccc(OC(F)F)cc1. The summed E-state index contributed by atoms with van der Waals surface area (Å²) in [6, 6.07) is 11.6. The summed E-state index contributed by atoms with van der Waals surface area (Å²) in [4.78, 5) is 13.8. The Hall–Kier alpha value is -2.56. The molecular weight excluding hydrogens is 380 g/mol. The molecule has 0 aliphatic rings. The van der Waals surface area contributed by atoms with E-state index in [1.54, 1.807) is 24.1 Å². The van der Waals surface area contributed by atoms with Gasteiger partial charge >= 0.3 is 6.61 Å². The van der Waals surface area contributed by atoms with Crippen molar-refractivity contribution >= 4 is 21.6 Å². The van der Waals surface area contributed by atoms with E-state index in [9.17, 15) is 22.0 Å². The van der Waals surface area contributed by atoms with E-state index in [1.165, 1.54) is 36.4 Å². The number of ether oxygens (including phenoxy) is 1. The van der Waals surface area contributed by atoms with Crippen molar-refractivity contribution < 1.29 is 26.7 Å². The minimum Gasteiger partial charge on any atom is -0.435 e. The predicted molar refractivity (Wildman–Crippen MR) is 95.9 cm³/mol. The van der Waals surface area contributed by atoms with Crippen molar-refractivity contribution in [3.8, 4) is 5.75 Å². The van der Waals surface area contributed by atoms with E-state index in [2.05, 4.69) is 10.1 Å². The van der Waals surface area contributed by atoms with Gasteiger partial charge in [0.25, 0.3) is 0 Å². The molecule has 2 aromatic carbocycles. The van der Waals surface area contributed by atoms with Crippen molar-refractivity contribution in [3.63, 3.8) is 0 Å². The molecule has 0 fully saturated rings. The molecule has 2 rings (SSSR count). The van der Waals surface area contributed by atoms with Gasteiger partial charge in [-0.25, -0.2) is 13.6 Å². The van der Waals surface area contributed by atoms with Crippen LogP contribution >= 0.6 is 0 Å². The van der Waals surface area contributed by atoms with Gasteiger partial charge in [-0.3, -0.25) is 9.69 Å². The maximum atomic E-state index is 12.1. The minimum absolute atomic E-state index is 0.0446. The number of likely N-dealkylation sites (N-methyl/N-ethyl adjacent to an activating group) is 1. The fraction of sp³-hybridized carbons (Fsp3) is 0.235. The highest BCUT2D eigenvalue weighted by Crippen LogP contribution is 2.16. The zero-order chi connectivity index (χ0) is 20.0. The normalized spacial score (nSPS) is 11.6. The van der Waals surface area contributed by atoms with Gasteiger partial charge in [-0.2, -0.15) is 8.78 Å². The van der Waals surface area contributed by atoms with Crippen molar-refractivity contribution in [1.82, 2.24) is 4.90 Å². The Labute approximate surface area is 155 Å². The second-order valence-electron chi connectivity index (χ2n) is 5.81. The zero-order valence-corrected chi connectivity index (χ0v) is 15.2. The zero-order valence-electron chi connectivity index (χ0n) is 14.4. The van der Waals surface area contributed by atoms with Crippen LogP contribution < -0.4 is 15.2 Å². The molecule has 10 heteroatoms. The van der Waals surface area contributed by atoms with E-state index < -0.39 is 16.6 Å². The monoisotopic (exact) mass is 399 g/mol. The Morgan fingerprint density at radius 1 is 1.15 bits per heavy atom. The third-order valence-corrected chi connectivity index (χ3v) is 4.41. The Morgan fingerprint density at radius 3 is 2.26 bits per heavy atom. The van der Waals surface area contributed by atoms with Crippen molar-refractivity contribution in [2.45, 2.75) is 18.1 Å². The average Bonchev–Trinajstić information content (AvgIpc) is 2.55. The Kier molecular flexibility index (Phi) is 6.83. The van der Waals surface area contributed by atoms with Gasteiger partial charge in [0.1, 0.15) is 5.75 Å². The summed E-state index contributed by atoms with van der Waals surface area (Å²) in [6.07, 6.45) is 0. The van der Waals surface area contributed by atoms with Crippen LogP contribution in [0.15, 0.2) is 53.4 Å². The minimum atomic E-state index is -3.78. The quantitative estimate of drug-likeness (QED) is 0.707. The van der Waals surface area contributed by atoms with Crippen LogP contribution in [-0.2, 0) is 21.4 Å². The number of hydrogen-bond acceptors (Lipinski definition) is 5. The number of primary sulfonamides is 1. The number of amides is 1. The molecular formula is C17H19F2N3O4S. The van der Waals surface area contributed by atoms with Crippen molar-refractivity contribution in [3.05, 3.63) is 54.1 Å². The first kappa shape index (κ1) is 20.7. The summed E-state index contributed by atoms with van der Waals surface area (Å²) in [6.45, 7) is -2.37. The molecule has 27 heavy (non-hydrogen) atoms. The van der Waals surface area contributed by atoms with Gasteiger partial charge in [0, 0.05) is 12.2 Å². The number of benzene rings is 2. The van der Waals surface area contributed by atoms with E-state index in [0.29, 0.717) is 12.2 Å². The highest BCUT2D eigenvalue weighted by Gasteiger charge is 2.10. The number of carbonyl (C=O) groups excluding carboxylic acids is 1. The molecule has 0 spiro atoms. The van der Waals surface area contributed by atoms with Gasteiger partial charge in [-0.15, -0.1) is 0 Å². The fourth-order valence-electron chi connectivity index (χ4n) is 2.32. The number of alkyl halides is 2. The van der Waals surface area contributed by atoms with Crippen LogP contribution in [0.25, 0.3) is 0 Å². The molecule has 0 atom stereocenters. The summed E-state index contributed by atoms with van der Waals surface area (Å²) in [5.74, 6) is -0.226. The Balaban J connectivity index is 1.86. The van der Waals surface area contributed by atoms with Gasteiger partial charge in [-0.05, 0) is 49.0 Å². The summed E-state index contributed by atoms with van der Waals surface area (Å²) in [5.41, 5.74) is 1.26. The van der Waals surface area contributed by atoms with E-state index in [0.717, 1.165) is 5.56 Å². The lowest BCUT2D eigenvalue weighted by Gasteiger charge is -2.16. The number of nitrogens with zero attached hydrogens (tertiary/aromatic N) is 1. The first-order valence-electron chi connectivity index (χ1n) is 7.78. The number of rotatable bonds is 8. The van der Waals surface area contributed by atoms with Crippen LogP contribution in [-0.4, -0.2) is 39.4 Å². The standard InChI is InChI=1S/C17H19F2N3O4S/c1-22(10-12-2-6-14(7-3-12)26-17(18)19)11-16(23)21-13-4-8-15(9-5-13)27(20,24)25/h2-9,17H,10-11H2,1H3,(H,21,23)(H2,20,24,25). The van der Waals surface area contributed by atoms with Crippen LogP contribution in [0.1, 0.15) is 5.56 Å². The molecule has 0 saturated heterocycles. The van der Waals surface area contributed by atoms with Gasteiger partial charge in [0.2, 0.25) is 15.9 Å². The fourth-order valence-corrected chi connectivity index (χ4v) is 2.83. The van der Waals surface area contributed by atoms with Gasteiger partial charge in [0.05, 0.1) is 11.4 Å². The summed E-state index contributed by atoms with van der Waals surface area (Å²) in [7, 11) is -2.05. The van der Waals surface area contributed by atoms with E-state index in [4.69, 9.17) is 5.14 Å². The molecule has 0 saturated carbocycles. The van der Waals surface area contributed by atoms with Crippen LogP contribution in [0.2, 0.25) is 0 Å². The molecule has 0 aliphatic heterocycles. The van der Waals surface area contributed by atoms with Gasteiger partial charge < -0.3 is 10.1 Å². The van der Waals surface area contributed by atoms with E-state index in [-0.39, 0.29) is 23.1 Å². The lowest BCUT2D eigenvalue weighted by molar-refractivity contribution is -0.117. The lowest BCUT2D eigenvalue weighted by Crippen LogP contribution is -2.29. The topological polar surface area (TPSA) is 102 Å². The molecule has 0 aliphatic carbocycles. The number of hydrogen-bond donors (Lipinski definition) is 2. The number of sulfonamides is 1. The first-order chi connectivity index (χ1) is 12.6. The Bertz CT molecular complexity index is 872. The smallest absolute Gasteiger partial charge is 0.387 e. The number of halogens is 2. The molecule has 0 bridgehead atoms. The van der Waals surface area contributed by atoms with Crippen LogP contribution in [0, 0.1) is 0 Å². The molecule has 3 N–H and O–H groups in total. The number of nitrogens with two attached hydrogens (primary N) is 1. The van der Waals surface area contributed by atoms with Crippen molar-refractivity contribution in [2.24, 2.45) is 5.14 Å². The number of nitrogens with one attached hydrogen (secondary N) is 1. The van der Waals surface area contributed by atoms with Crippen LogP contribution in [0.5, 0.6) is 5.75 Å². The molecule has 0 aromatic heterocycles. The lowest BCUT2D eigenvalue weighted by atomic mass is 10.2. The highest BCUT2D eigenvalue weighted by atomic mass is 32.2. The van der Waals surface area contributed by atoms with Crippen LogP contribution in [0.3, 0.4) is 0 Å². The molecule has 0 radical (unpaired) electrons. The Morgan fingerprint density at radius 2 is 1.74 bits per heavy atom. The third kappa shape index (κ3) is 6.93. The van der Waals surface area contributed by atoms with E-state index >= 15 is 0 Å². The second kappa shape index (κ2) is 8.89. The van der Waals surface area contributed by atoms with Gasteiger partial charge in [-0.1, -0.05) is 12.1 Å². The molecule has 7 nitrogen and oxygen atoms in total. The molecule has 0 heterocycles. The second-order valence-corrected chi connectivity index (χ2v) is 7.37.